The summed E-state index contributed by atoms with van der Waals surface area (Å²) in [6, 6.07) is 11.6. The van der Waals surface area contributed by atoms with E-state index >= 15 is 0 Å². The Morgan fingerprint density at radius 3 is 2.64 bits per heavy atom. The highest BCUT2D eigenvalue weighted by atomic mass is 35.5. The standard InChI is InChI=1S/C15H15ClN2O3S/c1-10-5-6-13(16)14(7-10)18-15(19)12-4-2-3-11(8-12)9-22(17,20)21/h2-8H,9H2,1H3,(H,18,19)(H2,17,20,21). The molecule has 2 aromatic rings. The Balaban J connectivity index is 2.23. The number of aryl methyl sites for hydroxylation is 1. The van der Waals surface area contributed by atoms with Crippen molar-refractivity contribution in [1.82, 2.24) is 0 Å². The molecule has 3 N–H and O–H groups in total. The number of carbonyl (C=O) groups excluding carboxylic acids is 1. The predicted molar refractivity (Wildman–Crippen MR) is 87.4 cm³/mol. The van der Waals surface area contributed by atoms with E-state index in [0.717, 1.165) is 5.56 Å². The molecule has 0 aliphatic heterocycles. The van der Waals surface area contributed by atoms with Gasteiger partial charge in [0.25, 0.3) is 5.91 Å². The van der Waals surface area contributed by atoms with Gasteiger partial charge in [-0.25, -0.2) is 13.6 Å². The molecule has 0 aliphatic carbocycles. The topological polar surface area (TPSA) is 89.3 Å². The van der Waals surface area contributed by atoms with Crippen molar-refractivity contribution in [2.24, 2.45) is 5.14 Å². The molecule has 0 bridgehead atoms. The van der Waals surface area contributed by atoms with Gasteiger partial charge >= 0.3 is 0 Å². The second-order valence-electron chi connectivity index (χ2n) is 4.95. The average molecular weight is 339 g/mol. The number of hydrogen-bond acceptors (Lipinski definition) is 3. The lowest BCUT2D eigenvalue weighted by Crippen LogP contribution is -2.16. The van der Waals surface area contributed by atoms with Crippen LogP contribution in [-0.2, 0) is 15.8 Å². The van der Waals surface area contributed by atoms with E-state index in [-0.39, 0.29) is 11.7 Å². The molecule has 0 unspecified atom stereocenters. The quantitative estimate of drug-likeness (QED) is 0.898. The zero-order valence-electron chi connectivity index (χ0n) is 11.8. The van der Waals surface area contributed by atoms with Crippen molar-refractivity contribution >= 4 is 33.2 Å². The average Bonchev–Trinajstić information content (AvgIpc) is 2.41. The Bertz CT molecular complexity index is 819. The molecule has 0 spiro atoms. The molecule has 0 aromatic heterocycles. The van der Waals surface area contributed by atoms with Gasteiger partial charge in [0, 0.05) is 5.56 Å². The van der Waals surface area contributed by atoms with E-state index in [1.165, 1.54) is 6.07 Å². The van der Waals surface area contributed by atoms with Gasteiger partial charge in [0.1, 0.15) is 0 Å². The van der Waals surface area contributed by atoms with Gasteiger partial charge in [-0.15, -0.1) is 0 Å². The molecule has 0 fully saturated rings. The van der Waals surface area contributed by atoms with Crippen LogP contribution in [-0.4, -0.2) is 14.3 Å². The molecular weight excluding hydrogens is 324 g/mol. The Hall–Kier alpha value is -1.89. The largest absolute Gasteiger partial charge is 0.321 e. The lowest BCUT2D eigenvalue weighted by Gasteiger charge is -2.09. The number of sulfonamides is 1. The van der Waals surface area contributed by atoms with Crippen LogP contribution < -0.4 is 10.5 Å². The van der Waals surface area contributed by atoms with E-state index in [4.69, 9.17) is 16.7 Å². The van der Waals surface area contributed by atoms with E-state index in [1.807, 2.05) is 13.0 Å². The Labute approximate surface area is 134 Å². The number of carbonyl (C=O) groups is 1. The molecular formula is C15H15ClN2O3S. The molecule has 0 saturated carbocycles. The van der Waals surface area contributed by atoms with Crippen molar-refractivity contribution in [3.8, 4) is 0 Å². The summed E-state index contributed by atoms with van der Waals surface area (Å²) in [7, 11) is -3.64. The summed E-state index contributed by atoms with van der Waals surface area (Å²) >= 11 is 6.04. The number of primary sulfonamides is 1. The van der Waals surface area contributed by atoms with Gasteiger partial charge in [-0.3, -0.25) is 4.79 Å². The van der Waals surface area contributed by atoms with Gasteiger partial charge in [0.15, 0.2) is 0 Å². The van der Waals surface area contributed by atoms with Crippen LogP contribution in [0.15, 0.2) is 42.5 Å². The summed E-state index contributed by atoms with van der Waals surface area (Å²) in [5.74, 6) is -0.692. The molecule has 0 aliphatic rings. The number of rotatable bonds is 4. The van der Waals surface area contributed by atoms with Crippen molar-refractivity contribution in [3.05, 3.63) is 64.2 Å². The lowest BCUT2D eigenvalue weighted by molar-refractivity contribution is 0.102. The molecule has 0 radical (unpaired) electrons. The minimum Gasteiger partial charge on any atom is -0.321 e. The molecule has 0 heterocycles. The maximum atomic E-state index is 12.2. The number of benzene rings is 2. The second kappa shape index (κ2) is 6.48. The van der Waals surface area contributed by atoms with Crippen LogP contribution in [0.25, 0.3) is 0 Å². The molecule has 2 rings (SSSR count). The van der Waals surface area contributed by atoms with Crippen LogP contribution in [0.3, 0.4) is 0 Å². The van der Waals surface area contributed by atoms with E-state index in [1.54, 1.807) is 30.3 Å². The number of nitrogens with two attached hydrogens (primary N) is 1. The van der Waals surface area contributed by atoms with Crippen LogP contribution in [0, 0.1) is 6.92 Å². The van der Waals surface area contributed by atoms with Gasteiger partial charge in [-0.05, 0) is 42.3 Å². The summed E-state index contributed by atoms with van der Waals surface area (Å²) < 4.78 is 22.2. The summed E-state index contributed by atoms with van der Waals surface area (Å²) in [5, 5.41) is 8.14. The van der Waals surface area contributed by atoms with Gasteiger partial charge in [-0.2, -0.15) is 0 Å². The number of halogens is 1. The maximum Gasteiger partial charge on any atom is 0.255 e. The highest BCUT2D eigenvalue weighted by molar-refractivity contribution is 7.88. The van der Waals surface area contributed by atoms with E-state index in [2.05, 4.69) is 5.32 Å². The van der Waals surface area contributed by atoms with E-state index in [9.17, 15) is 13.2 Å². The maximum absolute atomic E-state index is 12.2. The SMILES string of the molecule is Cc1ccc(Cl)c(NC(=O)c2cccc(CS(N)(=O)=O)c2)c1. The first-order chi connectivity index (χ1) is 10.2. The molecule has 0 saturated heterocycles. The van der Waals surface area contributed by atoms with Crippen LogP contribution in [0.2, 0.25) is 5.02 Å². The number of hydrogen-bond donors (Lipinski definition) is 2. The van der Waals surface area contributed by atoms with Gasteiger partial charge in [0.05, 0.1) is 16.5 Å². The fourth-order valence-electron chi connectivity index (χ4n) is 1.96. The zero-order valence-corrected chi connectivity index (χ0v) is 13.4. The monoisotopic (exact) mass is 338 g/mol. The van der Waals surface area contributed by atoms with Crippen LogP contribution in [0.4, 0.5) is 5.69 Å². The fraction of sp³-hybridized carbons (Fsp3) is 0.133. The van der Waals surface area contributed by atoms with Crippen LogP contribution in [0.1, 0.15) is 21.5 Å². The summed E-state index contributed by atoms with van der Waals surface area (Å²) in [5.41, 5.74) is 2.25. The third-order valence-electron chi connectivity index (χ3n) is 2.93. The predicted octanol–water partition coefficient (Wildman–Crippen LogP) is 2.69. The van der Waals surface area contributed by atoms with Gasteiger partial charge in [0.2, 0.25) is 10.0 Å². The van der Waals surface area contributed by atoms with E-state index in [0.29, 0.717) is 21.8 Å². The molecule has 0 atom stereocenters. The second-order valence-corrected chi connectivity index (χ2v) is 6.97. The van der Waals surface area contributed by atoms with Crippen LogP contribution >= 0.6 is 11.6 Å². The first-order valence-corrected chi connectivity index (χ1v) is 8.51. The van der Waals surface area contributed by atoms with Crippen LogP contribution in [0.5, 0.6) is 0 Å². The minimum atomic E-state index is -3.64. The zero-order chi connectivity index (χ0) is 16.3. The number of nitrogens with one attached hydrogen (secondary N) is 1. The first-order valence-electron chi connectivity index (χ1n) is 6.41. The molecule has 1 amide bonds. The normalized spacial score (nSPS) is 11.2. The molecule has 2 aromatic carbocycles. The van der Waals surface area contributed by atoms with Crippen molar-refractivity contribution in [3.63, 3.8) is 0 Å². The van der Waals surface area contributed by atoms with Crippen molar-refractivity contribution in [1.29, 1.82) is 0 Å². The molecule has 22 heavy (non-hydrogen) atoms. The van der Waals surface area contributed by atoms with Crippen molar-refractivity contribution < 1.29 is 13.2 Å². The fourth-order valence-corrected chi connectivity index (χ4v) is 2.77. The smallest absolute Gasteiger partial charge is 0.255 e. The third-order valence-corrected chi connectivity index (χ3v) is 3.99. The first kappa shape index (κ1) is 16.5. The summed E-state index contributed by atoms with van der Waals surface area (Å²) in [4.78, 5) is 12.2. The van der Waals surface area contributed by atoms with Crippen molar-refractivity contribution in [2.75, 3.05) is 5.32 Å². The Morgan fingerprint density at radius 1 is 1.23 bits per heavy atom. The van der Waals surface area contributed by atoms with Crippen molar-refractivity contribution in [2.45, 2.75) is 12.7 Å². The van der Waals surface area contributed by atoms with Gasteiger partial charge in [-0.1, -0.05) is 29.8 Å². The molecule has 5 nitrogen and oxygen atoms in total. The highest BCUT2D eigenvalue weighted by Crippen LogP contribution is 2.23. The molecule has 116 valence electrons. The van der Waals surface area contributed by atoms with E-state index < -0.39 is 10.0 Å². The highest BCUT2D eigenvalue weighted by Gasteiger charge is 2.11. The third kappa shape index (κ3) is 4.56. The Kier molecular flexibility index (Phi) is 4.85. The lowest BCUT2D eigenvalue weighted by atomic mass is 10.1. The number of amides is 1. The van der Waals surface area contributed by atoms with Gasteiger partial charge < -0.3 is 5.32 Å². The minimum absolute atomic E-state index is 0.320. The number of anilines is 1. The summed E-state index contributed by atoms with van der Waals surface area (Å²) in [6.07, 6.45) is 0. The molecule has 7 heteroatoms. The Morgan fingerprint density at radius 2 is 1.95 bits per heavy atom. The summed E-state index contributed by atoms with van der Waals surface area (Å²) in [6.45, 7) is 1.89.